The van der Waals surface area contributed by atoms with Crippen molar-refractivity contribution in [1.82, 2.24) is 4.72 Å². The van der Waals surface area contributed by atoms with Gasteiger partial charge in [-0.25, -0.2) is 13.1 Å². The molecule has 0 aromatic heterocycles. The fourth-order valence-electron chi connectivity index (χ4n) is 1.41. The number of ether oxygens (including phenoxy) is 1. The van der Waals surface area contributed by atoms with Gasteiger partial charge in [-0.1, -0.05) is 6.07 Å². The predicted octanol–water partition coefficient (Wildman–Crippen LogP) is 0.892. The lowest BCUT2D eigenvalue weighted by molar-refractivity contribution is 0.196. The second-order valence-corrected chi connectivity index (χ2v) is 5.52. The van der Waals surface area contributed by atoms with Crippen molar-refractivity contribution < 1.29 is 13.2 Å². The maximum absolute atomic E-state index is 11.9. The van der Waals surface area contributed by atoms with Crippen LogP contribution in [0, 0.1) is 6.92 Å². The highest BCUT2D eigenvalue weighted by atomic mass is 32.2. The Balaban J connectivity index is 2.76. The highest BCUT2D eigenvalue weighted by Gasteiger charge is 2.16. The van der Waals surface area contributed by atoms with Gasteiger partial charge >= 0.3 is 0 Å². The third-order valence-corrected chi connectivity index (χ3v) is 3.81. The van der Waals surface area contributed by atoms with Gasteiger partial charge in [-0.15, -0.1) is 0 Å². The van der Waals surface area contributed by atoms with Crippen molar-refractivity contribution in [2.75, 3.05) is 26.0 Å². The molecule has 0 fully saturated rings. The molecular formula is C11H18N2O3S. The first-order valence-corrected chi connectivity index (χ1v) is 6.80. The SMILES string of the molecule is COCCCNS(=O)(=O)c1ccc(C)cc1N. The van der Waals surface area contributed by atoms with Gasteiger partial charge in [-0.05, 0) is 31.0 Å². The van der Waals surface area contributed by atoms with Crippen LogP contribution < -0.4 is 10.5 Å². The summed E-state index contributed by atoms with van der Waals surface area (Å²) < 4.78 is 31.1. The van der Waals surface area contributed by atoms with E-state index in [-0.39, 0.29) is 10.6 Å². The first-order chi connectivity index (χ1) is 7.97. The van der Waals surface area contributed by atoms with Crippen molar-refractivity contribution in [1.29, 1.82) is 0 Å². The fourth-order valence-corrected chi connectivity index (χ4v) is 2.60. The summed E-state index contributed by atoms with van der Waals surface area (Å²) in [7, 11) is -1.94. The van der Waals surface area contributed by atoms with E-state index >= 15 is 0 Å². The zero-order valence-electron chi connectivity index (χ0n) is 10.1. The van der Waals surface area contributed by atoms with Gasteiger partial charge in [0.1, 0.15) is 4.90 Å². The molecule has 0 aliphatic carbocycles. The second kappa shape index (κ2) is 6.00. The Kier molecular flexibility index (Phi) is 4.92. The zero-order chi connectivity index (χ0) is 12.9. The molecular weight excluding hydrogens is 240 g/mol. The smallest absolute Gasteiger partial charge is 0.242 e. The van der Waals surface area contributed by atoms with E-state index in [0.717, 1.165) is 5.56 Å². The van der Waals surface area contributed by atoms with E-state index in [2.05, 4.69) is 4.72 Å². The summed E-state index contributed by atoms with van der Waals surface area (Å²) in [6, 6.07) is 4.88. The van der Waals surface area contributed by atoms with E-state index < -0.39 is 10.0 Å². The molecule has 0 spiro atoms. The first-order valence-electron chi connectivity index (χ1n) is 5.32. The molecule has 1 aromatic rings. The molecule has 3 N–H and O–H groups in total. The van der Waals surface area contributed by atoms with Gasteiger partial charge < -0.3 is 10.5 Å². The lowest BCUT2D eigenvalue weighted by Gasteiger charge is -2.09. The molecule has 1 rings (SSSR count). The monoisotopic (exact) mass is 258 g/mol. The van der Waals surface area contributed by atoms with Crippen molar-refractivity contribution in [3.8, 4) is 0 Å². The van der Waals surface area contributed by atoms with Crippen molar-refractivity contribution in [3.63, 3.8) is 0 Å². The number of methoxy groups -OCH3 is 1. The number of nitrogen functional groups attached to an aromatic ring is 1. The maximum atomic E-state index is 11.9. The number of hydrogen-bond acceptors (Lipinski definition) is 4. The van der Waals surface area contributed by atoms with Gasteiger partial charge in [0.25, 0.3) is 0 Å². The summed E-state index contributed by atoms with van der Waals surface area (Å²) in [6.45, 7) is 2.72. The van der Waals surface area contributed by atoms with Gasteiger partial charge in [0.05, 0.1) is 5.69 Å². The molecule has 0 bridgehead atoms. The summed E-state index contributed by atoms with van der Waals surface area (Å²) in [5.41, 5.74) is 6.89. The van der Waals surface area contributed by atoms with E-state index in [4.69, 9.17) is 10.5 Å². The van der Waals surface area contributed by atoms with Gasteiger partial charge in [0.15, 0.2) is 0 Å². The molecule has 6 heteroatoms. The van der Waals surface area contributed by atoms with E-state index in [0.29, 0.717) is 19.6 Å². The molecule has 0 saturated carbocycles. The Morgan fingerprint density at radius 2 is 2.12 bits per heavy atom. The van der Waals surface area contributed by atoms with Crippen LogP contribution in [0.3, 0.4) is 0 Å². The van der Waals surface area contributed by atoms with Gasteiger partial charge in [0.2, 0.25) is 10.0 Å². The van der Waals surface area contributed by atoms with Crippen molar-refractivity contribution in [2.45, 2.75) is 18.2 Å². The van der Waals surface area contributed by atoms with Crippen LogP contribution in [0.1, 0.15) is 12.0 Å². The quantitative estimate of drug-likeness (QED) is 0.586. The fraction of sp³-hybridized carbons (Fsp3) is 0.455. The van der Waals surface area contributed by atoms with Gasteiger partial charge in [-0.3, -0.25) is 0 Å². The minimum Gasteiger partial charge on any atom is -0.398 e. The van der Waals surface area contributed by atoms with Gasteiger partial charge in [0, 0.05) is 20.3 Å². The van der Waals surface area contributed by atoms with Crippen LogP contribution in [0.2, 0.25) is 0 Å². The third kappa shape index (κ3) is 3.99. The van der Waals surface area contributed by atoms with Crippen LogP contribution in [0.5, 0.6) is 0 Å². The van der Waals surface area contributed by atoms with E-state index in [9.17, 15) is 8.42 Å². The minimum atomic E-state index is -3.52. The molecule has 0 radical (unpaired) electrons. The normalized spacial score (nSPS) is 11.6. The van der Waals surface area contributed by atoms with E-state index in [1.165, 1.54) is 6.07 Å². The van der Waals surface area contributed by atoms with Crippen LogP contribution >= 0.6 is 0 Å². The molecule has 0 unspecified atom stereocenters. The second-order valence-electron chi connectivity index (χ2n) is 3.79. The Labute approximate surface area is 102 Å². The molecule has 0 aliphatic rings. The number of aryl methyl sites for hydroxylation is 1. The standard InChI is InChI=1S/C11H18N2O3S/c1-9-4-5-11(10(12)8-9)17(14,15)13-6-3-7-16-2/h4-5,8,13H,3,6-7,12H2,1-2H3. The Morgan fingerprint density at radius 3 is 2.71 bits per heavy atom. The highest BCUT2D eigenvalue weighted by Crippen LogP contribution is 2.18. The predicted molar refractivity (Wildman–Crippen MR) is 67.3 cm³/mol. The van der Waals surface area contributed by atoms with Crippen LogP contribution in [0.15, 0.2) is 23.1 Å². The third-order valence-electron chi connectivity index (χ3n) is 2.27. The lowest BCUT2D eigenvalue weighted by atomic mass is 10.2. The number of nitrogens with two attached hydrogens (primary N) is 1. The van der Waals surface area contributed by atoms with Crippen LogP contribution in [-0.2, 0) is 14.8 Å². The zero-order valence-corrected chi connectivity index (χ0v) is 10.9. The van der Waals surface area contributed by atoms with E-state index in [1.807, 2.05) is 6.92 Å². The molecule has 0 amide bonds. The van der Waals surface area contributed by atoms with Crippen molar-refractivity contribution in [2.24, 2.45) is 0 Å². The Hall–Kier alpha value is -1.11. The van der Waals surface area contributed by atoms with E-state index in [1.54, 1.807) is 19.2 Å². The Morgan fingerprint density at radius 1 is 1.41 bits per heavy atom. The number of hydrogen-bond donors (Lipinski definition) is 2. The summed E-state index contributed by atoms with van der Waals surface area (Å²) >= 11 is 0. The molecule has 0 aliphatic heterocycles. The molecule has 1 aromatic carbocycles. The molecule has 17 heavy (non-hydrogen) atoms. The number of nitrogens with one attached hydrogen (secondary N) is 1. The lowest BCUT2D eigenvalue weighted by Crippen LogP contribution is -2.26. The topological polar surface area (TPSA) is 81.4 Å². The molecule has 5 nitrogen and oxygen atoms in total. The summed E-state index contributed by atoms with van der Waals surface area (Å²) in [6.07, 6.45) is 0.626. The number of benzene rings is 1. The number of sulfonamides is 1. The largest absolute Gasteiger partial charge is 0.398 e. The highest BCUT2D eigenvalue weighted by molar-refractivity contribution is 7.89. The maximum Gasteiger partial charge on any atom is 0.242 e. The molecule has 0 saturated heterocycles. The number of anilines is 1. The van der Waals surface area contributed by atoms with Crippen LogP contribution in [0.4, 0.5) is 5.69 Å². The van der Waals surface area contributed by atoms with Crippen LogP contribution in [0.25, 0.3) is 0 Å². The summed E-state index contributed by atoms with van der Waals surface area (Å²) in [5.74, 6) is 0. The average Bonchev–Trinajstić information content (AvgIpc) is 2.24. The summed E-state index contributed by atoms with van der Waals surface area (Å²) in [5, 5.41) is 0. The van der Waals surface area contributed by atoms with Crippen molar-refractivity contribution in [3.05, 3.63) is 23.8 Å². The minimum absolute atomic E-state index is 0.125. The van der Waals surface area contributed by atoms with Gasteiger partial charge in [-0.2, -0.15) is 0 Å². The molecule has 96 valence electrons. The van der Waals surface area contributed by atoms with Crippen molar-refractivity contribution >= 4 is 15.7 Å². The number of rotatable bonds is 6. The van der Waals surface area contributed by atoms with Crippen LogP contribution in [-0.4, -0.2) is 28.7 Å². The first kappa shape index (κ1) is 14.0. The molecule has 0 heterocycles. The Bertz CT molecular complexity index is 472. The average molecular weight is 258 g/mol. The molecule has 0 atom stereocenters. The summed E-state index contributed by atoms with van der Waals surface area (Å²) in [4.78, 5) is 0.125.